The van der Waals surface area contributed by atoms with E-state index >= 15 is 0 Å². The van der Waals surface area contributed by atoms with Crippen LogP contribution in [0.25, 0.3) is 21.8 Å². The van der Waals surface area contributed by atoms with Gasteiger partial charge in [0.1, 0.15) is 11.7 Å². The van der Waals surface area contributed by atoms with Gasteiger partial charge in [0.2, 0.25) is 0 Å². The van der Waals surface area contributed by atoms with Gasteiger partial charge in [0.05, 0.1) is 25.4 Å². The second kappa shape index (κ2) is 8.08. The van der Waals surface area contributed by atoms with Gasteiger partial charge >= 0.3 is 11.9 Å². The molecule has 1 atom stereocenters. The lowest BCUT2D eigenvalue weighted by atomic mass is 10.1. The number of ether oxygens (including phenoxy) is 2. The first kappa shape index (κ1) is 19.3. The van der Waals surface area contributed by atoms with Gasteiger partial charge in [-0.2, -0.15) is 0 Å². The van der Waals surface area contributed by atoms with E-state index in [1.807, 2.05) is 31.2 Å². The number of hydrogen-bond acceptors (Lipinski definition) is 6. The summed E-state index contributed by atoms with van der Waals surface area (Å²) < 4.78 is 9.30. The standard InChI is InChI=1S/C20H21N3O5/c1-11-18-13(12-6-4-5-7-14(12)22-18)10-16(21-11)19(25)23-15(20(26)28-3)8-9-17(24)27-2/h4-7,10,15,22H,8-9H2,1-3H3,(H,23,25)/t15-/m0/s1. The maximum absolute atomic E-state index is 12.7. The predicted molar refractivity (Wildman–Crippen MR) is 103 cm³/mol. The molecule has 1 amide bonds. The lowest BCUT2D eigenvalue weighted by Gasteiger charge is -2.16. The number of nitrogens with zero attached hydrogens (tertiary/aromatic N) is 1. The van der Waals surface area contributed by atoms with Gasteiger partial charge < -0.3 is 19.8 Å². The molecular formula is C20H21N3O5. The third kappa shape index (κ3) is 3.80. The van der Waals surface area contributed by atoms with E-state index in [0.29, 0.717) is 5.69 Å². The van der Waals surface area contributed by atoms with E-state index in [1.54, 1.807) is 6.07 Å². The van der Waals surface area contributed by atoms with E-state index in [4.69, 9.17) is 4.74 Å². The average Bonchev–Trinajstić information content (AvgIpc) is 3.09. The van der Waals surface area contributed by atoms with Gasteiger partial charge in [-0.3, -0.25) is 9.59 Å². The van der Waals surface area contributed by atoms with Crippen LogP contribution in [-0.4, -0.2) is 48.1 Å². The molecule has 28 heavy (non-hydrogen) atoms. The molecule has 0 saturated carbocycles. The molecule has 2 aromatic heterocycles. The van der Waals surface area contributed by atoms with Crippen molar-refractivity contribution in [3.05, 3.63) is 41.7 Å². The summed E-state index contributed by atoms with van der Waals surface area (Å²) in [6.45, 7) is 1.81. The van der Waals surface area contributed by atoms with Crippen LogP contribution in [0.5, 0.6) is 0 Å². The number of para-hydroxylation sites is 1. The smallest absolute Gasteiger partial charge is 0.328 e. The molecule has 0 spiro atoms. The minimum absolute atomic E-state index is 0.0233. The number of benzene rings is 1. The van der Waals surface area contributed by atoms with Crippen LogP contribution in [0.2, 0.25) is 0 Å². The highest BCUT2D eigenvalue weighted by Crippen LogP contribution is 2.27. The Morgan fingerprint density at radius 3 is 2.61 bits per heavy atom. The number of H-pyrrole nitrogens is 1. The van der Waals surface area contributed by atoms with E-state index in [2.05, 4.69) is 20.0 Å². The number of carbonyl (C=O) groups is 3. The lowest BCUT2D eigenvalue weighted by Crippen LogP contribution is -2.42. The van der Waals surface area contributed by atoms with E-state index in [-0.39, 0.29) is 18.5 Å². The van der Waals surface area contributed by atoms with Crippen LogP contribution in [-0.2, 0) is 19.1 Å². The molecule has 0 aliphatic carbocycles. The molecule has 2 N–H and O–H groups in total. The Morgan fingerprint density at radius 2 is 1.89 bits per heavy atom. The van der Waals surface area contributed by atoms with Crippen LogP contribution < -0.4 is 5.32 Å². The van der Waals surface area contributed by atoms with Gasteiger partial charge in [-0.15, -0.1) is 0 Å². The summed E-state index contributed by atoms with van der Waals surface area (Å²) >= 11 is 0. The third-order valence-electron chi connectivity index (χ3n) is 4.57. The molecule has 0 unspecified atom stereocenters. The third-order valence-corrected chi connectivity index (χ3v) is 4.57. The number of aryl methyl sites for hydroxylation is 1. The number of pyridine rings is 1. The molecule has 3 aromatic rings. The molecule has 0 bridgehead atoms. The van der Waals surface area contributed by atoms with E-state index in [0.717, 1.165) is 21.8 Å². The van der Waals surface area contributed by atoms with Crippen LogP contribution in [0.4, 0.5) is 0 Å². The molecule has 146 valence electrons. The van der Waals surface area contributed by atoms with Gasteiger partial charge in [0, 0.05) is 22.7 Å². The van der Waals surface area contributed by atoms with Crippen molar-refractivity contribution in [3.63, 3.8) is 0 Å². The van der Waals surface area contributed by atoms with Crippen LogP contribution in [0.15, 0.2) is 30.3 Å². The Bertz CT molecular complexity index is 1060. The quantitative estimate of drug-likeness (QED) is 0.632. The number of esters is 2. The van der Waals surface area contributed by atoms with Crippen molar-refractivity contribution in [2.45, 2.75) is 25.8 Å². The first-order valence-corrected chi connectivity index (χ1v) is 8.78. The van der Waals surface area contributed by atoms with Gasteiger partial charge in [-0.05, 0) is 25.5 Å². The highest BCUT2D eigenvalue weighted by molar-refractivity contribution is 6.10. The van der Waals surface area contributed by atoms with E-state index in [9.17, 15) is 14.4 Å². The molecule has 3 rings (SSSR count). The van der Waals surface area contributed by atoms with Crippen molar-refractivity contribution >= 4 is 39.7 Å². The molecule has 0 aliphatic rings. The summed E-state index contributed by atoms with van der Waals surface area (Å²) in [5.74, 6) is -1.63. The fourth-order valence-electron chi connectivity index (χ4n) is 3.11. The highest BCUT2D eigenvalue weighted by atomic mass is 16.5. The SMILES string of the molecule is COC(=O)CC[C@H](NC(=O)c1cc2c([nH]c3ccccc32)c(C)n1)C(=O)OC. The van der Waals surface area contributed by atoms with Crippen LogP contribution in [0, 0.1) is 6.92 Å². The number of fused-ring (bicyclic) bond motifs is 3. The van der Waals surface area contributed by atoms with E-state index in [1.165, 1.54) is 14.2 Å². The molecule has 0 aliphatic heterocycles. The topological polar surface area (TPSA) is 110 Å². The zero-order chi connectivity index (χ0) is 20.3. The van der Waals surface area contributed by atoms with Crippen LogP contribution >= 0.6 is 0 Å². The summed E-state index contributed by atoms with van der Waals surface area (Å²) in [6.07, 6.45) is 0.0455. The zero-order valence-electron chi connectivity index (χ0n) is 15.9. The first-order chi connectivity index (χ1) is 13.4. The molecule has 0 saturated heterocycles. The van der Waals surface area contributed by atoms with Gasteiger partial charge in [0.25, 0.3) is 5.91 Å². The summed E-state index contributed by atoms with van der Waals surface area (Å²) in [4.78, 5) is 43.7. The molecule has 0 fully saturated rings. The van der Waals surface area contributed by atoms with Gasteiger partial charge in [-0.25, -0.2) is 9.78 Å². The maximum Gasteiger partial charge on any atom is 0.328 e. The maximum atomic E-state index is 12.7. The fraction of sp³-hybridized carbons (Fsp3) is 0.300. The fourth-order valence-corrected chi connectivity index (χ4v) is 3.11. The molecule has 2 heterocycles. The van der Waals surface area contributed by atoms with Crippen molar-refractivity contribution in [3.8, 4) is 0 Å². The number of carbonyl (C=O) groups excluding carboxylic acids is 3. The van der Waals surface area contributed by atoms with Gasteiger partial charge in [0.15, 0.2) is 0 Å². The molecule has 8 nitrogen and oxygen atoms in total. The Balaban J connectivity index is 1.89. The summed E-state index contributed by atoms with van der Waals surface area (Å²) in [7, 11) is 2.48. The zero-order valence-corrected chi connectivity index (χ0v) is 15.9. The average molecular weight is 383 g/mol. The predicted octanol–water partition coefficient (Wildman–Crippen LogP) is 2.25. The lowest BCUT2D eigenvalue weighted by molar-refractivity contribution is -0.144. The second-order valence-corrected chi connectivity index (χ2v) is 6.35. The molecule has 0 radical (unpaired) electrons. The van der Waals surface area contributed by atoms with Crippen LogP contribution in [0.3, 0.4) is 0 Å². The Labute approximate surface area is 161 Å². The minimum Gasteiger partial charge on any atom is -0.469 e. The van der Waals surface area contributed by atoms with Crippen molar-refractivity contribution in [1.82, 2.24) is 15.3 Å². The van der Waals surface area contributed by atoms with Crippen LogP contribution in [0.1, 0.15) is 29.0 Å². The Morgan fingerprint density at radius 1 is 1.14 bits per heavy atom. The monoisotopic (exact) mass is 383 g/mol. The number of nitrogens with one attached hydrogen (secondary N) is 2. The summed E-state index contributed by atoms with van der Waals surface area (Å²) in [5, 5.41) is 4.45. The number of amides is 1. The summed E-state index contributed by atoms with van der Waals surface area (Å²) in [5.41, 5.74) is 2.66. The molecule has 1 aromatic carbocycles. The molecular weight excluding hydrogens is 362 g/mol. The number of aromatic amines is 1. The minimum atomic E-state index is -0.975. The van der Waals surface area contributed by atoms with Gasteiger partial charge in [-0.1, -0.05) is 18.2 Å². The number of hydrogen-bond donors (Lipinski definition) is 2. The summed E-state index contributed by atoms with van der Waals surface area (Å²) in [6, 6.07) is 8.47. The normalized spacial score (nSPS) is 12.0. The Kier molecular flexibility index (Phi) is 5.58. The van der Waals surface area contributed by atoms with Crippen molar-refractivity contribution in [2.24, 2.45) is 0 Å². The van der Waals surface area contributed by atoms with E-state index < -0.39 is 23.9 Å². The van der Waals surface area contributed by atoms with Crippen molar-refractivity contribution in [1.29, 1.82) is 0 Å². The Hall–Kier alpha value is -3.42. The number of methoxy groups -OCH3 is 2. The molecule has 8 heteroatoms. The number of rotatable bonds is 6. The van der Waals surface area contributed by atoms with Crippen molar-refractivity contribution < 1.29 is 23.9 Å². The van der Waals surface area contributed by atoms with Crippen molar-refractivity contribution in [2.75, 3.05) is 14.2 Å². The first-order valence-electron chi connectivity index (χ1n) is 8.78. The highest BCUT2D eigenvalue weighted by Gasteiger charge is 2.24. The number of aromatic nitrogens is 2. The largest absolute Gasteiger partial charge is 0.469 e. The second-order valence-electron chi connectivity index (χ2n) is 6.35.